The number of ether oxygens (including phenoxy) is 1. The minimum Gasteiger partial charge on any atom is -0.486 e. The average Bonchev–Trinajstić information content (AvgIpc) is 3.41. The van der Waals surface area contributed by atoms with Crippen molar-refractivity contribution < 1.29 is 13.5 Å². The smallest absolute Gasteiger partial charge is 0.229 e. The van der Waals surface area contributed by atoms with E-state index in [0.29, 0.717) is 36.8 Å². The number of benzene rings is 1. The van der Waals surface area contributed by atoms with E-state index in [1.165, 1.54) is 11.6 Å². The van der Waals surface area contributed by atoms with Crippen LogP contribution >= 0.6 is 0 Å². The topological polar surface area (TPSA) is 81.7 Å². The average molecular weight is 523 g/mol. The number of likely N-dealkylation sites (N-methyl/N-ethyl adjacent to an activating group) is 1. The fourth-order valence-corrected chi connectivity index (χ4v) is 5.42. The van der Waals surface area contributed by atoms with Gasteiger partial charge in [0.05, 0.1) is 30.3 Å². The number of halogens is 2. The molecule has 0 saturated carbocycles. The van der Waals surface area contributed by atoms with E-state index in [9.17, 15) is 4.39 Å². The lowest BCUT2D eigenvalue weighted by molar-refractivity contribution is 0.287. The van der Waals surface area contributed by atoms with E-state index < -0.39 is 11.6 Å². The molecule has 1 aromatic carbocycles. The van der Waals surface area contributed by atoms with Crippen molar-refractivity contribution >= 4 is 23.1 Å². The Morgan fingerprint density at radius 3 is 2.53 bits per heavy atom. The molecule has 0 aliphatic carbocycles. The number of rotatable bonds is 5. The Balaban J connectivity index is 1.32. The number of pyridine rings is 1. The highest BCUT2D eigenvalue weighted by Gasteiger charge is 2.27. The normalized spacial score (nSPS) is 17.4. The van der Waals surface area contributed by atoms with Crippen LogP contribution in [0.25, 0.3) is 11.3 Å². The summed E-state index contributed by atoms with van der Waals surface area (Å²) in [6.45, 7) is 10.4. The van der Waals surface area contributed by atoms with E-state index in [1.807, 2.05) is 24.9 Å². The lowest BCUT2D eigenvalue weighted by Crippen LogP contribution is -2.44. The third-order valence-electron chi connectivity index (χ3n) is 7.51. The fourth-order valence-electron chi connectivity index (χ4n) is 5.42. The lowest BCUT2D eigenvalue weighted by Gasteiger charge is -2.35. The molecular formula is C27H32F2N8O. The van der Waals surface area contributed by atoms with Gasteiger partial charge in [0.25, 0.3) is 0 Å². The standard InChI is InChI=1S/C27H32F2N8O/c1-16(2)37-8-9-38-25-20(28)10-17(11-22(25)37)24-21(29)14-32-27(33-24)34-26-19-13-30-12-18(19)23(15-31-26)36-6-4-35(3)5-7-36/h10-11,14-16,30H,4-9,12-13H2,1-3H3,(H,31,32,33,34). The van der Waals surface area contributed by atoms with E-state index >= 15 is 4.39 Å². The number of fused-ring (bicyclic) bond motifs is 2. The Labute approximate surface area is 220 Å². The third-order valence-corrected chi connectivity index (χ3v) is 7.51. The van der Waals surface area contributed by atoms with Crippen LogP contribution < -0.4 is 25.2 Å². The van der Waals surface area contributed by atoms with Gasteiger partial charge >= 0.3 is 0 Å². The van der Waals surface area contributed by atoms with Gasteiger partial charge in [-0.25, -0.2) is 23.7 Å². The van der Waals surface area contributed by atoms with Gasteiger partial charge in [-0.15, -0.1) is 0 Å². The molecule has 3 aliphatic heterocycles. The van der Waals surface area contributed by atoms with Crippen LogP contribution in [0, 0.1) is 11.6 Å². The molecule has 0 radical (unpaired) electrons. The number of anilines is 4. The van der Waals surface area contributed by atoms with Crippen LogP contribution in [-0.4, -0.2) is 72.3 Å². The largest absolute Gasteiger partial charge is 0.486 e. The highest BCUT2D eigenvalue weighted by Crippen LogP contribution is 2.39. The maximum absolute atomic E-state index is 15.0. The maximum Gasteiger partial charge on any atom is 0.229 e. The van der Waals surface area contributed by atoms with Crippen LogP contribution in [0.3, 0.4) is 0 Å². The molecule has 0 spiro atoms. The van der Waals surface area contributed by atoms with Crippen LogP contribution in [0.5, 0.6) is 5.75 Å². The SMILES string of the molecule is CC(C)N1CCOc2c(F)cc(-c3nc(Nc4ncc(N5CCN(C)CC5)c5c4CNC5)ncc3F)cc21. The highest BCUT2D eigenvalue weighted by molar-refractivity contribution is 5.73. The maximum atomic E-state index is 15.0. The first-order valence-corrected chi connectivity index (χ1v) is 13.1. The Morgan fingerprint density at radius 2 is 1.74 bits per heavy atom. The molecule has 0 bridgehead atoms. The quantitative estimate of drug-likeness (QED) is 0.523. The van der Waals surface area contributed by atoms with E-state index in [4.69, 9.17) is 9.72 Å². The number of aromatic nitrogens is 3. The number of hydrogen-bond donors (Lipinski definition) is 2. The Hall–Kier alpha value is -3.57. The molecule has 11 heteroatoms. The van der Waals surface area contributed by atoms with Crippen molar-refractivity contribution in [1.29, 1.82) is 0 Å². The van der Waals surface area contributed by atoms with Crippen molar-refractivity contribution in [3.05, 3.63) is 47.3 Å². The van der Waals surface area contributed by atoms with Crippen LogP contribution in [-0.2, 0) is 13.1 Å². The predicted molar refractivity (Wildman–Crippen MR) is 143 cm³/mol. The van der Waals surface area contributed by atoms with Crippen molar-refractivity contribution in [3.63, 3.8) is 0 Å². The molecule has 0 unspecified atom stereocenters. The van der Waals surface area contributed by atoms with Gasteiger partial charge < -0.3 is 30.1 Å². The number of piperazine rings is 1. The summed E-state index contributed by atoms with van der Waals surface area (Å²) in [5, 5.41) is 6.61. The fraction of sp³-hybridized carbons (Fsp3) is 0.444. The summed E-state index contributed by atoms with van der Waals surface area (Å²) < 4.78 is 35.6. The monoisotopic (exact) mass is 522 g/mol. The van der Waals surface area contributed by atoms with Crippen molar-refractivity contribution in [2.24, 2.45) is 0 Å². The van der Waals surface area contributed by atoms with Crippen molar-refractivity contribution in [3.8, 4) is 17.0 Å². The number of nitrogens with zero attached hydrogens (tertiary/aromatic N) is 6. The van der Waals surface area contributed by atoms with Crippen LogP contribution in [0.2, 0.25) is 0 Å². The predicted octanol–water partition coefficient (Wildman–Crippen LogP) is 3.52. The minimum absolute atomic E-state index is 0.0160. The summed E-state index contributed by atoms with van der Waals surface area (Å²) in [6, 6.07) is 3.13. The summed E-state index contributed by atoms with van der Waals surface area (Å²) in [7, 11) is 2.14. The van der Waals surface area contributed by atoms with Gasteiger partial charge in [0.2, 0.25) is 5.95 Å². The Bertz CT molecular complexity index is 1360. The minimum atomic E-state index is -0.631. The van der Waals surface area contributed by atoms with E-state index in [2.05, 4.69) is 37.4 Å². The molecule has 0 atom stereocenters. The van der Waals surface area contributed by atoms with Gasteiger partial charge in [-0.05, 0) is 38.6 Å². The lowest BCUT2D eigenvalue weighted by atomic mass is 10.1. The molecule has 9 nitrogen and oxygen atoms in total. The first-order valence-electron chi connectivity index (χ1n) is 13.1. The zero-order valence-corrected chi connectivity index (χ0v) is 21.9. The van der Waals surface area contributed by atoms with Gasteiger partial charge in [-0.1, -0.05) is 0 Å². The van der Waals surface area contributed by atoms with Gasteiger partial charge in [0.15, 0.2) is 17.4 Å². The van der Waals surface area contributed by atoms with Gasteiger partial charge in [0.1, 0.15) is 18.1 Å². The van der Waals surface area contributed by atoms with E-state index in [1.54, 1.807) is 6.07 Å². The van der Waals surface area contributed by atoms with E-state index in [0.717, 1.165) is 50.2 Å². The van der Waals surface area contributed by atoms with Gasteiger partial charge in [-0.2, -0.15) is 0 Å². The summed E-state index contributed by atoms with van der Waals surface area (Å²) in [6.07, 6.45) is 3.00. The molecule has 5 heterocycles. The zero-order valence-electron chi connectivity index (χ0n) is 21.9. The van der Waals surface area contributed by atoms with Crippen LogP contribution in [0.4, 0.5) is 31.9 Å². The molecule has 0 amide bonds. The Kier molecular flexibility index (Phi) is 6.48. The van der Waals surface area contributed by atoms with Crippen LogP contribution in [0.1, 0.15) is 25.0 Å². The van der Waals surface area contributed by atoms with Crippen molar-refractivity contribution in [2.45, 2.75) is 33.0 Å². The second-order valence-corrected chi connectivity index (χ2v) is 10.3. The molecule has 200 valence electrons. The second kappa shape index (κ2) is 9.95. The highest BCUT2D eigenvalue weighted by atomic mass is 19.1. The van der Waals surface area contributed by atoms with Crippen molar-refractivity contribution in [1.82, 2.24) is 25.2 Å². The van der Waals surface area contributed by atoms with Crippen molar-refractivity contribution in [2.75, 3.05) is 61.5 Å². The van der Waals surface area contributed by atoms with Gasteiger partial charge in [-0.3, -0.25) is 0 Å². The van der Waals surface area contributed by atoms with Gasteiger partial charge in [0, 0.05) is 56.4 Å². The molecule has 1 saturated heterocycles. The van der Waals surface area contributed by atoms with Crippen LogP contribution in [0.15, 0.2) is 24.5 Å². The molecule has 3 aliphatic rings. The zero-order chi connectivity index (χ0) is 26.4. The third kappa shape index (κ3) is 4.49. The molecule has 6 rings (SSSR count). The molecule has 2 aromatic heterocycles. The second-order valence-electron chi connectivity index (χ2n) is 10.3. The molecule has 1 fully saturated rings. The molecule has 2 N–H and O–H groups in total. The summed E-state index contributed by atoms with van der Waals surface area (Å²) in [5.41, 5.74) is 4.35. The number of nitrogens with one attached hydrogen (secondary N) is 2. The first kappa shape index (κ1) is 24.7. The number of hydrogen-bond acceptors (Lipinski definition) is 9. The molecule has 3 aromatic rings. The summed E-state index contributed by atoms with van der Waals surface area (Å²) in [4.78, 5) is 20.1. The Morgan fingerprint density at radius 1 is 0.947 bits per heavy atom. The molecular weight excluding hydrogens is 490 g/mol. The summed E-state index contributed by atoms with van der Waals surface area (Å²) >= 11 is 0. The first-order chi connectivity index (χ1) is 18.4. The summed E-state index contributed by atoms with van der Waals surface area (Å²) in [5.74, 6) is -0.149. The molecule has 38 heavy (non-hydrogen) atoms. The van der Waals surface area contributed by atoms with E-state index in [-0.39, 0.29) is 23.4 Å².